The van der Waals surface area contributed by atoms with Crippen molar-refractivity contribution < 1.29 is 4.79 Å². The Balaban J connectivity index is 2.00. The summed E-state index contributed by atoms with van der Waals surface area (Å²) in [6, 6.07) is 0.0832. The number of hydrogen-bond acceptors (Lipinski definition) is 2. The van der Waals surface area contributed by atoms with E-state index < -0.39 is 0 Å². The predicted molar refractivity (Wildman–Crippen MR) is 65.3 cm³/mol. The molecule has 3 nitrogen and oxygen atoms in total. The Bertz CT molecular complexity index is 255. The summed E-state index contributed by atoms with van der Waals surface area (Å²) in [5, 5.41) is 3.40. The van der Waals surface area contributed by atoms with E-state index in [1.807, 2.05) is 0 Å². The van der Waals surface area contributed by atoms with Crippen molar-refractivity contribution in [1.82, 2.24) is 10.2 Å². The molecule has 2 heterocycles. The van der Waals surface area contributed by atoms with Crippen LogP contribution < -0.4 is 5.32 Å². The first-order chi connectivity index (χ1) is 7.61. The Morgan fingerprint density at radius 3 is 2.75 bits per heavy atom. The van der Waals surface area contributed by atoms with Crippen LogP contribution in [0.1, 0.15) is 52.4 Å². The third-order valence-corrected chi connectivity index (χ3v) is 4.03. The molecule has 1 unspecified atom stereocenters. The van der Waals surface area contributed by atoms with Crippen molar-refractivity contribution >= 4 is 5.91 Å². The highest BCUT2D eigenvalue weighted by Crippen LogP contribution is 2.29. The second-order valence-corrected chi connectivity index (χ2v) is 5.76. The number of carbonyl (C=O) groups is 1. The predicted octanol–water partition coefficient (Wildman–Crippen LogP) is 1.92. The van der Waals surface area contributed by atoms with Crippen LogP contribution in [0.4, 0.5) is 0 Å². The van der Waals surface area contributed by atoms with Gasteiger partial charge in [0.25, 0.3) is 0 Å². The summed E-state index contributed by atoms with van der Waals surface area (Å²) >= 11 is 0. The molecule has 1 atom stereocenters. The van der Waals surface area contributed by atoms with Gasteiger partial charge in [0.1, 0.15) is 0 Å². The molecule has 1 N–H and O–H groups in total. The fourth-order valence-corrected chi connectivity index (χ4v) is 2.94. The molecule has 1 amide bonds. The molecule has 0 spiro atoms. The fraction of sp³-hybridized carbons (Fsp3) is 0.923. The van der Waals surface area contributed by atoms with E-state index >= 15 is 0 Å². The Hall–Kier alpha value is -0.570. The van der Waals surface area contributed by atoms with Crippen molar-refractivity contribution in [3.63, 3.8) is 0 Å². The van der Waals surface area contributed by atoms with Gasteiger partial charge in [0.15, 0.2) is 0 Å². The maximum Gasteiger partial charge on any atom is 0.240 e. The SMILES string of the molecule is CC1(C)CCCN1C(=O)C1CCCCCN1. The van der Waals surface area contributed by atoms with Crippen molar-refractivity contribution in [1.29, 1.82) is 0 Å². The van der Waals surface area contributed by atoms with Crippen LogP contribution in [0.25, 0.3) is 0 Å². The zero-order chi connectivity index (χ0) is 11.6. The van der Waals surface area contributed by atoms with Crippen molar-refractivity contribution in [3.8, 4) is 0 Å². The zero-order valence-corrected chi connectivity index (χ0v) is 10.6. The molecular formula is C13H24N2O. The molecule has 0 aromatic carbocycles. The summed E-state index contributed by atoms with van der Waals surface area (Å²) in [6.07, 6.45) is 6.99. The molecule has 2 rings (SSSR count). The number of rotatable bonds is 1. The summed E-state index contributed by atoms with van der Waals surface area (Å²) in [5.74, 6) is 0.337. The lowest BCUT2D eigenvalue weighted by Gasteiger charge is -2.34. The van der Waals surface area contributed by atoms with Crippen molar-refractivity contribution in [2.45, 2.75) is 64.0 Å². The summed E-state index contributed by atoms with van der Waals surface area (Å²) < 4.78 is 0. The van der Waals surface area contributed by atoms with Gasteiger partial charge in [-0.25, -0.2) is 0 Å². The Labute approximate surface area is 98.6 Å². The molecule has 2 aliphatic rings. The molecule has 2 saturated heterocycles. The lowest BCUT2D eigenvalue weighted by molar-refractivity contribution is -0.136. The molecule has 16 heavy (non-hydrogen) atoms. The van der Waals surface area contributed by atoms with Gasteiger partial charge in [-0.2, -0.15) is 0 Å². The maximum absolute atomic E-state index is 12.4. The molecule has 0 aromatic rings. The highest BCUT2D eigenvalue weighted by Gasteiger charge is 2.38. The van der Waals surface area contributed by atoms with Gasteiger partial charge in [-0.1, -0.05) is 12.8 Å². The van der Waals surface area contributed by atoms with Crippen LogP contribution in [-0.4, -0.2) is 35.5 Å². The number of likely N-dealkylation sites (tertiary alicyclic amines) is 1. The van der Waals surface area contributed by atoms with E-state index in [4.69, 9.17) is 0 Å². The van der Waals surface area contributed by atoms with Crippen LogP contribution in [0.3, 0.4) is 0 Å². The number of hydrogen-bond donors (Lipinski definition) is 1. The molecule has 0 aliphatic carbocycles. The summed E-state index contributed by atoms with van der Waals surface area (Å²) in [6.45, 7) is 6.33. The molecule has 0 aromatic heterocycles. The van der Waals surface area contributed by atoms with Crippen LogP contribution in [0.15, 0.2) is 0 Å². The van der Waals surface area contributed by atoms with Gasteiger partial charge in [-0.05, 0) is 46.1 Å². The molecule has 0 saturated carbocycles. The topological polar surface area (TPSA) is 32.3 Å². The highest BCUT2D eigenvalue weighted by molar-refractivity contribution is 5.82. The van der Waals surface area contributed by atoms with E-state index in [2.05, 4.69) is 24.1 Å². The van der Waals surface area contributed by atoms with E-state index in [1.54, 1.807) is 0 Å². The first-order valence-electron chi connectivity index (χ1n) is 6.66. The Kier molecular flexibility index (Phi) is 3.53. The number of nitrogens with zero attached hydrogens (tertiary/aromatic N) is 1. The third kappa shape index (κ3) is 2.40. The quantitative estimate of drug-likeness (QED) is 0.738. The summed E-state index contributed by atoms with van der Waals surface area (Å²) in [5.41, 5.74) is 0.0745. The molecule has 2 aliphatic heterocycles. The average Bonchev–Trinajstić information content (AvgIpc) is 2.48. The normalized spacial score (nSPS) is 30.1. The van der Waals surface area contributed by atoms with Crippen LogP contribution in [0.2, 0.25) is 0 Å². The van der Waals surface area contributed by atoms with Crippen LogP contribution in [0, 0.1) is 0 Å². The molecule has 92 valence electrons. The van der Waals surface area contributed by atoms with E-state index in [-0.39, 0.29) is 11.6 Å². The largest absolute Gasteiger partial charge is 0.336 e. The van der Waals surface area contributed by atoms with Gasteiger partial charge in [-0.3, -0.25) is 4.79 Å². The lowest BCUT2D eigenvalue weighted by Crippen LogP contribution is -2.51. The highest BCUT2D eigenvalue weighted by atomic mass is 16.2. The minimum absolute atomic E-state index is 0.0745. The van der Waals surface area contributed by atoms with Crippen molar-refractivity contribution in [2.75, 3.05) is 13.1 Å². The first kappa shape index (κ1) is 11.9. The minimum atomic E-state index is 0.0745. The number of carbonyl (C=O) groups excluding carboxylic acids is 1. The lowest BCUT2D eigenvalue weighted by atomic mass is 10.0. The van der Waals surface area contributed by atoms with Gasteiger partial charge in [-0.15, -0.1) is 0 Å². The van der Waals surface area contributed by atoms with Crippen molar-refractivity contribution in [3.05, 3.63) is 0 Å². The second-order valence-electron chi connectivity index (χ2n) is 5.76. The van der Waals surface area contributed by atoms with Crippen molar-refractivity contribution in [2.24, 2.45) is 0 Å². The summed E-state index contributed by atoms with van der Waals surface area (Å²) in [7, 11) is 0. The summed E-state index contributed by atoms with van der Waals surface area (Å²) in [4.78, 5) is 14.5. The smallest absolute Gasteiger partial charge is 0.240 e. The van der Waals surface area contributed by atoms with Gasteiger partial charge in [0.05, 0.1) is 6.04 Å². The Morgan fingerprint density at radius 1 is 1.25 bits per heavy atom. The van der Waals surface area contributed by atoms with Gasteiger partial charge < -0.3 is 10.2 Å². The average molecular weight is 224 g/mol. The zero-order valence-electron chi connectivity index (χ0n) is 10.6. The van der Waals surface area contributed by atoms with Gasteiger partial charge in [0.2, 0.25) is 5.91 Å². The molecule has 0 bridgehead atoms. The number of nitrogens with one attached hydrogen (secondary N) is 1. The second kappa shape index (κ2) is 4.74. The fourth-order valence-electron chi connectivity index (χ4n) is 2.94. The molecular weight excluding hydrogens is 200 g/mol. The monoisotopic (exact) mass is 224 g/mol. The number of amides is 1. The molecule has 3 heteroatoms. The van der Waals surface area contributed by atoms with Crippen LogP contribution in [-0.2, 0) is 4.79 Å². The van der Waals surface area contributed by atoms with E-state index in [0.717, 1.165) is 32.4 Å². The third-order valence-electron chi connectivity index (χ3n) is 4.03. The van der Waals surface area contributed by atoms with E-state index in [9.17, 15) is 4.79 Å². The van der Waals surface area contributed by atoms with Gasteiger partial charge in [0, 0.05) is 12.1 Å². The van der Waals surface area contributed by atoms with Crippen LogP contribution in [0.5, 0.6) is 0 Å². The van der Waals surface area contributed by atoms with Crippen LogP contribution >= 0.6 is 0 Å². The Morgan fingerprint density at radius 2 is 2.06 bits per heavy atom. The van der Waals surface area contributed by atoms with E-state index in [0.29, 0.717) is 5.91 Å². The maximum atomic E-state index is 12.4. The first-order valence-corrected chi connectivity index (χ1v) is 6.66. The molecule has 2 fully saturated rings. The standard InChI is InChI=1S/C13H24N2O/c1-13(2)8-6-10-15(13)12(16)11-7-4-3-5-9-14-11/h11,14H,3-10H2,1-2H3. The molecule has 0 radical (unpaired) electrons. The van der Waals surface area contributed by atoms with Gasteiger partial charge >= 0.3 is 0 Å². The van der Waals surface area contributed by atoms with E-state index in [1.165, 1.54) is 19.3 Å². The minimum Gasteiger partial charge on any atom is -0.336 e.